The highest BCUT2D eigenvalue weighted by molar-refractivity contribution is 9.10. The van der Waals surface area contributed by atoms with Crippen molar-refractivity contribution in [1.82, 2.24) is 0 Å². The maximum absolute atomic E-state index is 12.5. The first-order valence-corrected chi connectivity index (χ1v) is 11.1. The highest BCUT2D eigenvalue weighted by atomic mass is 79.9. The van der Waals surface area contributed by atoms with Crippen LogP contribution >= 0.6 is 27.5 Å². The molecule has 0 bridgehead atoms. The molecular formula is C25H17BrClNO5. The number of benzene rings is 3. The summed E-state index contributed by atoms with van der Waals surface area (Å²) in [5.41, 5.74) is 1.64. The molecule has 1 heterocycles. The van der Waals surface area contributed by atoms with Crippen molar-refractivity contribution in [2.24, 2.45) is 4.99 Å². The van der Waals surface area contributed by atoms with Crippen molar-refractivity contribution in [3.05, 3.63) is 98.6 Å². The van der Waals surface area contributed by atoms with Gasteiger partial charge in [-0.1, -0.05) is 41.9 Å². The van der Waals surface area contributed by atoms with Crippen molar-refractivity contribution >= 4 is 51.4 Å². The lowest BCUT2D eigenvalue weighted by atomic mass is 10.1. The van der Waals surface area contributed by atoms with Crippen molar-refractivity contribution < 1.29 is 23.8 Å². The zero-order valence-corrected chi connectivity index (χ0v) is 19.7. The first kappa shape index (κ1) is 22.8. The molecule has 6 nitrogen and oxygen atoms in total. The fraction of sp³-hybridized carbons (Fsp3) is 0.0800. The van der Waals surface area contributed by atoms with Gasteiger partial charge in [-0.3, -0.25) is 0 Å². The fourth-order valence-corrected chi connectivity index (χ4v) is 3.83. The van der Waals surface area contributed by atoms with Crippen molar-refractivity contribution in [3.8, 4) is 11.5 Å². The summed E-state index contributed by atoms with van der Waals surface area (Å²) in [4.78, 5) is 29.2. The monoisotopic (exact) mass is 525 g/mol. The van der Waals surface area contributed by atoms with Crippen molar-refractivity contribution in [2.75, 3.05) is 6.61 Å². The third-order valence-corrected chi connectivity index (χ3v) is 5.48. The van der Waals surface area contributed by atoms with Gasteiger partial charge in [-0.15, -0.1) is 0 Å². The summed E-state index contributed by atoms with van der Waals surface area (Å²) in [7, 11) is 0. The zero-order chi connectivity index (χ0) is 23.4. The SMILES string of the molecule is CCOc1cc(/C=C2\N=C(c3ccccc3Cl)OC2=O)cc(Br)c1OC(=O)c1ccccc1. The van der Waals surface area contributed by atoms with Crippen molar-refractivity contribution in [1.29, 1.82) is 0 Å². The molecule has 166 valence electrons. The highest BCUT2D eigenvalue weighted by Gasteiger charge is 2.26. The largest absolute Gasteiger partial charge is 0.490 e. The Balaban J connectivity index is 1.66. The molecule has 1 aliphatic rings. The highest BCUT2D eigenvalue weighted by Crippen LogP contribution is 2.38. The standard InChI is InChI=1S/C25H17BrClNO5/c1-2-31-21-14-15(12-18(26)22(21)32-24(29)16-8-4-3-5-9-16)13-20-25(30)33-23(28-20)17-10-6-7-11-19(17)27/h3-14H,2H2,1H3/b20-13-. The van der Waals surface area contributed by atoms with Crippen LogP contribution in [0, 0.1) is 0 Å². The molecule has 0 aromatic heterocycles. The van der Waals surface area contributed by atoms with Crippen LogP contribution in [0.4, 0.5) is 0 Å². The van der Waals surface area contributed by atoms with Gasteiger partial charge in [0.2, 0.25) is 5.90 Å². The lowest BCUT2D eigenvalue weighted by Crippen LogP contribution is -2.10. The van der Waals surface area contributed by atoms with Crippen LogP contribution in [-0.4, -0.2) is 24.4 Å². The van der Waals surface area contributed by atoms with Gasteiger partial charge in [0.1, 0.15) is 0 Å². The van der Waals surface area contributed by atoms with E-state index in [0.717, 1.165) is 0 Å². The minimum Gasteiger partial charge on any atom is -0.490 e. The van der Waals surface area contributed by atoms with E-state index < -0.39 is 11.9 Å². The second-order valence-electron chi connectivity index (χ2n) is 6.83. The predicted octanol–water partition coefficient (Wildman–Crippen LogP) is 6.06. The van der Waals surface area contributed by atoms with Gasteiger partial charge in [0.15, 0.2) is 17.2 Å². The van der Waals surface area contributed by atoms with Crippen molar-refractivity contribution in [3.63, 3.8) is 0 Å². The number of nitrogens with zero attached hydrogens (tertiary/aromatic N) is 1. The number of carbonyl (C=O) groups excluding carboxylic acids is 2. The normalized spacial score (nSPS) is 14.1. The second kappa shape index (κ2) is 10.0. The van der Waals surface area contributed by atoms with Gasteiger partial charge < -0.3 is 14.2 Å². The van der Waals surface area contributed by atoms with Gasteiger partial charge in [-0.05, 0) is 70.9 Å². The number of halogens is 2. The molecule has 1 aliphatic heterocycles. The minimum absolute atomic E-state index is 0.105. The van der Waals surface area contributed by atoms with Crippen molar-refractivity contribution in [2.45, 2.75) is 6.92 Å². The Morgan fingerprint density at radius 1 is 1.12 bits per heavy atom. The third-order valence-electron chi connectivity index (χ3n) is 4.56. The van der Waals surface area contributed by atoms with Crippen LogP contribution in [0.25, 0.3) is 6.08 Å². The van der Waals surface area contributed by atoms with Crippen LogP contribution in [0.3, 0.4) is 0 Å². The molecule has 0 unspecified atom stereocenters. The summed E-state index contributed by atoms with van der Waals surface area (Å²) in [6.45, 7) is 2.16. The number of cyclic esters (lactones) is 1. The number of rotatable bonds is 6. The van der Waals surface area contributed by atoms with E-state index in [0.29, 0.717) is 38.5 Å². The Labute approximate surface area is 203 Å². The van der Waals surface area contributed by atoms with E-state index in [9.17, 15) is 9.59 Å². The molecule has 0 spiro atoms. The number of aliphatic imine (C=N–C) groups is 1. The molecule has 0 amide bonds. The molecule has 4 rings (SSSR count). The van der Waals surface area contributed by atoms with Crippen LogP contribution in [0.1, 0.15) is 28.4 Å². The van der Waals surface area contributed by atoms with E-state index in [-0.39, 0.29) is 17.3 Å². The molecular weight excluding hydrogens is 510 g/mol. The molecule has 8 heteroatoms. The molecule has 0 saturated carbocycles. The van der Waals surface area contributed by atoms with Crippen LogP contribution in [0.2, 0.25) is 5.02 Å². The summed E-state index contributed by atoms with van der Waals surface area (Å²) >= 11 is 9.62. The number of ether oxygens (including phenoxy) is 3. The lowest BCUT2D eigenvalue weighted by Gasteiger charge is -2.13. The van der Waals surface area contributed by atoms with Crippen LogP contribution in [0.15, 0.2) is 81.9 Å². The molecule has 33 heavy (non-hydrogen) atoms. The topological polar surface area (TPSA) is 74.2 Å². The Morgan fingerprint density at radius 2 is 1.85 bits per heavy atom. The van der Waals surface area contributed by atoms with Gasteiger partial charge in [0, 0.05) is 0 Å². The van der Waals surface area contributed by atoms with E-state index in [1.54, 1.807) is 66.7 Å². The predicted molar refractivity (Wildman–Crippen MR) is 129 cm³/mol. The molecule has 0 aliphatic carbocycles. The quantitative estimate of drug-likeness (QED) is 0.222. The summed E-state index contributed by atoms with van der Waals surface area (Å²) in [6.07, 6.45) is 1.56. The molecule has 0 saturated heterocycles. The summed E-state index contributed by atoms with van der Waals surface area (Å²) < 4.78 is 17.0. The molecule has 0 N–H and O–H groups in total. The van der Waals surface area contributed by atoms with Gasteiger partial charge in [-0.2, -0.15) is 0 Å². The Kier molecular flexibility index (Phi) is 6.91. The number of esters is 2. The van der Waals surface area contributed by atoms with E-state index in [4.69, 9.17) is 25.8 Å². The molecule has 0 fully saturated rings. The van der Waals surface area contributed by atoms with E-state index in [1.165, 1.54) is 0 Å². The van der Waals surface area contributed by atoms with E-state index >= 15 is 0 Å². The summed E-state index contributed by atoms with van der Waals surface area (Å²) in [5, 5.41) is 0.427. The fourth-order valence-electron chi connectivity index (χ4n) is 3.08. The van der Waals surface area contributed by atoms with Crippen LogP contribution < -0.4 is 9.47 Å². The smallest absolute Gasteiger partial charge is 0.363 e. The first-order chi connectivity index (χ1) is 16.0. The third kappa shape index (κ3) is 5.16. The second-order valence-corrected chi connectivity index (χ2v) is 8.10. The Hall–Kier alpha value is -3.42. The molecule has 0 atom stereocenters. The molecule has 3 aromatic rings. The number of carbonyl (C=O) groups is 2. The van der Waals surface area contributed by atoms with Gasteiger partial charge >= 0.3 is 11.9 Å². The first-order valence-electron chi connectivity index (χ1n) is 9.97. The number of hydrogen-bond acceptors (Lipinski definition) is 6. The average Bonchev–Trinajstić information content (AvgIpc) is 3.17. The van der Waals surface area contributed by atoms with Crippen LogP contribution in [0.5, 0.6) is 11.5 Å². The molecule has 3 aromatic carbocycles. The Morgan fingerprint density at radius 3 is 2.58 bits per heavy atom. The number of hydrogen-bond donors (Lipinski definition) is 0. The van der Waals surface area contributed by atoms with Gasteiger partial charge in [0.05, 0.1) is 27.2 Å². The molecule has 0 radical (unpaired) electrons. The zero-order valence-electron chi connectivity index (χ0n) is 17.4. The van der Waals surface area contributed by atoms with E-state index in [2.05, 4.69) is 20.9 Å². The minimum atomic E-state index is -0.599. The summed E-state index contributed by atoms with van der Waals surface area (Å²) in [5.74, 6) is -0.406. The maximum Gasteiger partial charge on any atom is 0.363 e. The lowest BCUT2D eigenvalue weighted by molar-refractivity contribution is -0.129. The average molecular weight is 527 g/mol. The van der Waals surface area contributed by atoms with Gasteiger partial charge in [-0.25, -0.2) is 14.6 Å². The van der Waals surface area contributed by atoms with Gasteiger partial charge in [0.25, 0.3) is 0 Å². The Bertz CT molecular complexity index is 1290. The maximum atomic E-state index is 12.5. The van der Waals surface area contributed by atoms with Crippen LogP contribution in [-0.2, 0) is 9.53 Å². The summed E-state index contributed by atoms with van der Waals surface area (Å²) in [6, 6.07) is 19.0. The van der Waals surface area contributed by atoms with E-state index in [1.807, 2.05) is 13.0 Å².